The van der Waals surface area contributed by atoms with Crippen LogP contribution in [-0.4, -0.2) is 29.6 Å². The van der Waals surface area contributed by atoms with Crippen LogP contribution in [0, 0.1) is 0 Å². The van der Waals surface area contributed by atoms with E-state index in [-0.39, 0.29) is 12.2 Å². The molecule has 0 saturated heterocycles. The summed E-state index contributed by atoms with van der Waals surface area (Å²) in [5.41, 5.74) is 1.68. The number of carbonyl (C=O) groups excluding carboxylic acids is 1. The van der Waals surface area contributed by atoms with Gasteiger partial charge in [-0.2, -0.15) is 0 Å². The van der Waals surface area contributed by atoms with Gasteiger partial charge in [-0.15, -0.1) is 0 Å². The fourth-order valence-corrected chi connectivity index (χ4v) is 4.14. The minimum Gasteiger partial charge on any atom is -0.493 e. The molecule has 4 rings (SSSR count). The van der Waals surface area contributed by atoms with Crippen LogP contribution in [0.5, 0.6) is 11.5 Å². The van der Waals surface area contributed by atoms with Crippen LogP contribution in [0.4, 0.5) is 0 Å². The molecule has 0 radical (unpaired) electrons. The maximum absolute atomic E-state index is 12.5. The number of para-hydroxylation sites is 2. The van der Waals surface area contributed by atoms with Crippen molar-refractivity contribution in [2.75, 3.05) is 14.2 Å². The molecular weight excluding hydrogens is 404 g/mol. The lowest BCUT2D eigenvalue weighted by Gasteiger charge is -2.09. The van der Waals surface area contributed by atoms with Gasteiger partial charge in [-0.05, 0) is 24.3 Å². The Kier molecular flexibility index (Phi) is 5.49. The number of carbonyl (C=O) groups is 1. The number of benzene rings is 2. The van der Waals surface area contributed by atoms with Crippen molar-refractivity contribution in [1.29, 1.82) is 0 Å². The molecule has 2 aromatic carbocycles. The molecule has 4 aromatic rings. The highest BCUT2D eigenvalue weighted by atomic mass is 32.1. The lowest BCUT2D eigenvalue weighted by atomic mass is 10.1. The Labute approximate surface area is 175 Å². The van der Waals surface area contributed by atoms with E-state index in [9.17, 15) is 9.59 Å². The maximum Gasteiger partial charge on any atom is 0.331 e. The van der Waals surface area contributed by atoms with Crippen molar-refractivity contribution in [3.8, 4) is 11.5 Å². The van der Waals surface area contributed by atoms with Gasteiger partial charge in [0.25, 0.3) is 5.56 Å². The number of aromatic nitrogens is 2. The molecule has 7 nitrogen and oxygen atoms in total. The van der Waals surface area contributed by atoms with Crippen LogP contribution in [0.2, 0.25) is 0 Å². The average Bonchev–Trinajstić information content (AvgIpc) is 3.14. The van der Waals surface area contributed by atoms with Gasteiger partial charge in [0.1, 0.15) is 6.61 Å². The van der Waals surface area contributed by atoms with Gasteiger partial charge in [0.2, 0.25) is 0 Å². The Morgan fingerprint density at radius 2 is 1.97 bits per heavy atom. The number of hydrogen-bond donors (Lipinski definition) is 0. The zero-order chi connectivity index (χ0) is 21.1. The summed E-state index contributed by atoms with van der Waals surface area (Å²) in [7, 11) is 3.07. The van der Waals surface area contributed by atoms with E-state index in [1.165, 1.54) is 30.6 Å². The summed E-state index contributed by atoms with van der Waals surface area (Å²) in [4.78, 5) is 29.7. The number of thiazole rings is 1. The van der Waals surface area contributed by atoms with Gasteiger partial charge in [0.05, 0.1) is 30.1 Å². The van der Waals surface area contributed by atoms with Gasteiger partial charge < -0.3 is 14.2 Å². The van der Waals surface area contributed by atoms with E-state index in [2.05, 4.69) is 4.98 Å². The maximum atomic E-state index is 12.5. The smallest absolute Gasteiger partial charge is 0.331 e. The van der Waals surface area contributed by atoms with Crippen LogP contribution >= 0.6 is 11.3 Å². The van der Waals surface area contributed by atoms with Gasteiger partial charge in [0, 0.05) is 17.7 Å². The van der Waals surface area contributed by atoms with Crippen LogP contribution in [0.15, 0.2) is 59.4 Å². The fourth-order valence-electron chi connectivity index (χ4n) is 3.09. The molecule has 2 aromatic heterocycles. The number of nitrogens with zero attached hydrogens (tertiary/aromatic N) is 2. The molecule has 152 valence electrons. The molecule has 0 atom stereocenters. The van der Waals surface area contributed by atoms with Crippen LogP contribution < -0.4 is 15.0 Å². The summed E-state index contributed by atoms with van der Waals surface area (Å²) < 4.78 is 18.4. The first-order valence-corrected chi connectivity index (χ1v) is 9.88. The molecule has 0 unspecified atom stereocenters. The topological polar surface area (TPSA) is 79.1 Å². The Morgan fingerprint density at radius 1 is 1.13 bits per heavy atom. The van der Waals surface area contributed by atoms with Crippen LogP contribution in [0.25, 0.3) is 21.3 Å². The predicted molar refractivity (Wildman–Crippen MR) is 115 cm³/mol. The number of rotatable bonds is 6. The fraction of sp³-hybridized carbons (Fsp3) is 0.136. The zero-order valence-corrected chi connectivity index (χ0v) is 17.1. The number of methoxy groups -OCH3 is 2. The minimum absolute atomic E-state index is 0.0988. The predicted octanol–water partition coefficient (Wildman–Crippen LogP) is 3.68. The van der Waals surface area contributed by atoms with Gasteiger partial charge in [0.15, 0.2) is 16.5 Å². The summed E-state index contributed by atoms with van der Waals surface area (Å²) in [6, 6.07) is 14.3. The zero-order valence-electron chi connectivity index (χ0n) is 16.3. The summed E-state index contributed by atoms with van der Waals surface area (Å²) in [6.45, 7) is -0.0988. The molecule has 0 bridgehead atoms. The van der Waals surface area contributed by atoms with Crippen molar-refractivity contribution in [2.24, 2.45) is 0 Å². The quantitative estimate of drug-likeness (QED) is 0.348. The summed E-state index contributed by atoms with van der Waals surface area (Å²) in [6.07, 6.45) is 2.88. The van der Waals surface area contributed by atoms with Gasteiger partial charge in [-0.3, -0.25) is 9.20 Å². The molecule has 8 heteroatoms. The standard InChI is InChI=1S/C22H18N2O5S/c1-27-17-8-5-6-14(21(17)28-2)10-11-20(26)29-13-15-12-19(25)24-16-7-3-4-9-18(16)30-22(24)23-15/h3-12H,13H2,1-2H3. The van der Waals surface area contributed by atoms with Gasteiger partial charge in [-0.1, -0.05) is 35.6 Å². The van der Waals surface area contributed by atoms with E-state index in [1.807, 2.05) is 24.3 Å². The molecule has 0 aliphatic rings. The number of fused-ring (bicyclic) bond motifs is 3. The number of ether oxygens (including phenoxy) is 3. The van der Waals surface area contributed by atoms with Crippen molar-refractivity contribution in [2.45, 2.75) is 6.61 Å². The summed E-state index contributed by atoms with van der Waals surface area (Å²) in [5, 5.41) is 0. The molecule has 0 spiro atoms. The van der Waals surface area contributed by atoms with Crippen LogP contribution in [0.1, 0.15) is 11.3 Å². The molecule has 0 aliphatic carbocycles. The Morgan fingerprint density at radius 3 is 2.77 bits per heavy atom. The molecular formula is C22H18N2O5S. The second-order valence-electron chi connectivity index (χ2n) is 6.30. The van der Waals surface area contributed by atoms with E-state index < -0.39 is 5.97 Å². The van der Waals surface area contributed by atoms with Crippen molar-refractivity contribution >= 4 is 38.6 Å². The minimum atomic E-state index is -0.557. The Balaban J connectivity index is 1.50. The lowest BCUT2D eigenvalue weighted by Crippen LogP contribution is -2.15. The highest BCUT2D eigenvalue weighted by Crippen LogP contribution is 2.31. The van der Waals surface area contributed by atoms with Gasteiger partial charge >= 0.3 is 5.97 Å². The molecule has 2 heterocycles. The third-order valence-electron chi connectivity index (χ3n) is 4.44. The molecule has 0 saturated carbocycles. The first-order valence-electron chi connectivity index (χ1n) is 9.07. The number of esters is 1. The van der Waals surface area contributed by atoms with Crippen molar-refractivity contribution in [1.82, 2.24) is 9.38 Å². The number of hydrogen-bond acceptors (Lipinski definition) is 7. The summed E-state index contributed by atoms with van der Waals surface area (Å²) in [5.74, 6) is 0.529. The van der Waals surface area contributed by atoms with Crippen molar-refractivity contribution in [3.63, 3.8) is 0 Å². The Hall–Kier alpha value is -3.65. The third-order valence-corrected chi connectivity index (χ3v) is 5.46. The SMILES string of the molecule is COc1cccc(C=CC(=O)OCc2cc(=O)n3c(n2)sc2ccccc23)c1OC. The molecule has 30 heavy (non-hydrogen) atoms. The third kappa shape index (κ3) is 3.77. The molecule has 0 amide bonds. The molecule has 0 aliphatic heterocycles. The van der Waals surface area contributed by atoms with E-state index in [4.69, 9.17) is 14.2 Å². The second-order valence-corrected chi connectivity index (χ2v) is 7.31. The van der Waals surface area contributed by atoms with Crippen molar-refractivity contribution in [3.05, 3.63) is 76.2 Å². The second kappa shape index (κ2) is 8.38. The summed E-state index contributed by atoms with van der Waals surface area (Å²) >= 11 is 1.41. The van der Waals surface area contributed by atoms with E-state index in [0.29, 0.717) is 27.7 Å². The highest BCUT2D eigenvalue weighted by molar-refractivity contribution is 7.23. The lowest BCUT2D eigenvalue weighted by molar-refractivity contribution is -0.139. The van der Waals surface area contributed by atoms with Crippen molar-refractivity contribution < 1.29 is 19.0 Å². The molecule has 0 N–H and O–H groups in total. The largest absolute Gasteiger partial charge is 0.493 e. The monoisotopic (exact) mass is 422 g/mol. The first-order chi connectivity index (χ1) is 14.6. The van der Waals surface area contributed by atoms with E-state index in [1.54, 1.807) is 35.8 Å². The first kappa shape index (κ1) is 19.7. The normalized spacial score (nSPS) is 11.3. The Bertz CT molecular complexity index is 1320. The van der Waals surface area contributed by atoms with E-state index in [0.717, 1.165) is 10.2 Å². The van der Waals surface area contributed by atoms with Crippen LogP contribution in [-0.2, 0) is 16.1 Å². The average molecular weight is 422 g/mol. The van der Waals surface area contributed by atoms with E-state index >= 15 is 0 Å². The van der Waals surface area contributed by atoms with Gasteiger partial charge in [-0.25, -0.2) is 9.78 Å². The highest BCUT2D eigenvalue weighted by Gasteiger charge is 2.11. The van der Waals surface area contributed by atoms with Crippen LogP contribution in [0.3, 0.4) is 0 Å². The molecule has 0 fully saturated rings.